The second-order valence-electron chi connectivity index (χ2n) is 5.67. The molecule has 6 nitrogen and oxygen atoms in total. The van der Waals surface area contributed by atoms with Gasteiger partial charge in [-0.05, 0) is 30.9 Å². The summed E-state index contributed by atoms with van der Waals surface area (Å²) in [4.78, 5) is 11.7. The number of rotatable bonds is 2. The molecule has 2 heterocycles. The largest absolute Gasteiger partial charge is 0.419 e. The van der Waals surface area contributed by atoms with Gasteiger partial charge in [-0.15, -0.1) is 0 Å². The topological polar surface area (TPSA) is 72.5 Å². The van der Waals surface area contributed by atoms with Crippen molar-refractivity contribution in [2.45, 2.75) is 24.7 Å². The Labute approximate surface area is 123 Å². The highest BCUT2D eigenvalue weighted by atomic mass is 32.2. The molecule has 0 radical (unpaired) electrons. The second-order valence-corrected chi connectivity index (χ2v) is 7.60. The maximum Gasteiger partial charge on any atom is 0.419 e. The first kappa shape index (κ1) is 14.3. The van der Waals surface area contributed by atoms with Crippen molar-refractivity contribution in [3.63, 3.8) is 0 Å². The Morgan fingerprint density at radius 3 is 2.81 bits per heavy atom. The predicted molar refractivity (Wildman–Crippen MR) is 78.6 cm³/mol. The van der Waals surface area contributed by atoms with E-state index in [-0.39, 0.29) is 4.90 Å². The van der Waals surface area contributed by atoms with Crippen LogP contribution in [0, 0.1) is 5.92 Å². The van der Waals surface area contributed by atoms with E-state index in [4.69, 9.17) is 4.42 Å². The maximum atomic E-state index is 12.7. The first-order valence-electron chi connectivity index (χ1n) is 6.99. The summed E-state index contributed by atoms with van der Waals surface area (Å²) in [6.07, 6.45) is 1.93. The summed E-state index contributed by atoms with van der Waals surface area (Å²) in [5.41, 5.74) is 0.889. The normalized spacial score (nSPS) is 21.0. The third-order valence-electron chi connectivity index (χ3n) is 4.02. The molecule has 21 heavy (non-hydrogen) atoms. The monoisotopic (exact) mass is 310 g/mol. The molecule has 1 atom stereocenters. The lowest BCUT2D eigenvalue weighted by Crippen LogP contribution is -2.39. The predicted octanol–water partition coefficient (Wildman–Crippen LogP) is 1.55. The van der Waals surface area contributed by atoms with Crippen molar-refractivity contribution in [3.05, 3.63) is 28.7 Å². The molecule has 1 aliphatic heterocycles. The van der Waals surface area contributed by atoms with Crippen LogP contribution in [0.4, 0.5) is 0 Å². The van der Waals surface area contributed by atoms with Crippen molar-refractivity contribution in [2.24, 2.45) is 13.0 Å². The Hall–Kier alpha value is -1.60. The molecule has 7 heteroatoms. The van der Waals surface area contributed by atoms with Gasteiger partial charge < -0.3 is 4.42 Å². The summed E-state index contributed by atoms with van der Waals surface area (Å²) in [7, 11) is -1.94. The number of fused-ring (bicyclic) bond motifs is 1. The Morgan fingerprint density at radius 1 is 1.33 bits per heavy atom. The number of piperidine rings is 1. The molecule has 1 saturated heterocycles. The Bertz CT molecular complexity index is 834. The van der Waals surface area contributed by atoms with Crippen molar-refractivity contribution < 1.29 is 12.8 Å². The molecule has 0 aliphatic carbocycles. The molecule has 1 aromatic carbocycles. The van der Waals surface area contributed by atoms with Gasteiger partial charge in [-0.25, -0.2) is 13.2 Å². The van der Waals surface area contributed by atoms with Crippen LogP contribution < -0.4 is 5.76 Å². The van der Waals surface area contributed by atoms with Crippen LogP contribution in [0.1, 0.15) is 19.8 Å². The van der Waals surface area contributed by atoms with Crippen molar-refractivity contribution in [1.29, 1.82) is 0 Å². The fourth-order valence-corrected chi connectivity index (χ4v) is 4.40. The maximum absolute atomic E-state index is 12.7. The first-order valence-corrected chi connectivity index (χ1v) is 8.43. The van der Waals surface area contributed by atoms with Gasteiger partial charge in [-0.2, -0.15) is 4.31 Å². The SMILES string of the molecule is CC1CCCN(S(=O)(=O)c2ccc3c(c2)oc(=O)n3C)C1. The molecule has 0 N–H and O–H groups in total. The number of hydrogen-bond acceptors (Lipinski definition) is 4. The molecule has 1 aromatic heterocycles. The van der Waals surface area contributed by atoms with Crippen molar-refractivity contribution in [1.82, 2.24) is 8.87 Å². The molecule has 0 spiro atoms. The molecular weight excluding hydrogens is 292 g/mol. The number of aryl methyl sites for hydroxylation is 1. The number of benzene rings is 1. The number of hydrogen-bond donors (Lipinski definition) is 0. The molecule has 1 fully saturated rings. The number of aromatic nitrogens is 1. The van der Waals surface area contributed by atoms with Crippen molar-refractivity contribution in [2.75, 3.05) is 13.1 Å². The summed E-state index contributed by atoms with van der Waals surface area (Å²) in [6.45, 7) is 3.14. The first-order chi connectivity index (χ1) is 9.89. The molecule has 0 amide bonds. The summed E-state index contributed by atoms with van der Waals surface area (Å²) >= 11 is 0. The van der Waals surface area contributed by atoms with E-state index in [0.717, 1.165) is 12.8 Å². The van der Waals surface area contributed by atoms with E-state index in [1.807, 2.05) is 0 Å². The third-order valence-corrected chi connectivity index (χ3v) is 5.88. The molecule has 1 aliphatic rings. The van der Waals surface area contributed by atoms with Gasteiger partial charge in [0.25, 0.3) is 0 Å². The van der Waals surface area contributed by atoms with E-state index >= 15 is 0 Å². The van der Waals surface area contributed by atoms with E-state index in [2.05, 4.69) is 6.92 Å². The van der Waals surface area contributed by atoms with Gasteiger partial charge >= 0.3 is 5.76 Å². The van der Waals surface area contributed by atoms with Crippen LogP contribution in [0.25, 0.3) is 11.1 Å². The highest BCUT2D eigenvalue weighted by molar-refractivity contribution is 7.89. The fourth-order valence-electron chi connectivity index (χ4n) is 2.79. The van der Waals surface area contributed by atoms with Crippen molar-refractivity contribution in [3.8, 4) is 0 Å². The molecule has 1 unspecified atom stereocenters. The highest BCUT2D eigenvalue weighted by Gasteiger charge is 2.29. The van der Waals surface area contributed by atoms with Crippen LogP contribution in [0.2, 0.25) is 0 Å². The van der Waals surface area contributed by atoms with Crippen molar-refractivity contribution >= 4 is 21.1 Å². The number of sulfonamides is 1. The Kier molecular flexibility index (Phi) is 3.41. The Balaban J connectivity index is 2.04. The smallest absolute Gasteiger partial charge is 0.408 e. The fraction of sp³-hybridized carbons (Fsp3) is 0.500. The highest BCUT2D eigenvalue weighted by Crippen LogP contribution is 2.25. The van der Waals surface area contributed by atoms with Crippen LogP contribution in [0.5, 0.6) is 0 Å². The molecule has 2 aromatic rings. The van der Waals surface area contributed by atoms with E-state index in [9.17, 15) is 13.2 Å². The van der Waals surface area contributed by atoms with Gasteiger partial charge in [0.05, 0.1) is 10.4 Å². The summed E-state index contributed by atoms with van der Waals surface area (Å²) < 4.78 is 33.3. The van der Waals surface area contributed by atoms with Crippen LogP contribution in [-0.2, 0) is 17.1 Å². The zero-order valence-corrected chi connectivity index (χ0v) is 12.9. The van der Waals surface area contributed by atoms with Crippen LogP contribution in [0.3, 0.4) is 0 Å². The quantitative estimate of drug-likeness (QED) is 0.843. The standard InChI is InChI=1S/C14H18N2O4S/c1-10-4-3-7-16(9-10)21(18,19)11-5-6-12-13(8-11)20-14(17)15(12)2/h5-6,8,10H,3-4,7,9H2,1-2H3. The van der Waals surface area contributed by atoms with E-state index in [1.165, 1.54) is 21.0 Å². The van der Waals surface area contributed by atoms with Gasteiger partial charge in [0, 0.05) is 26.2 Å². The summed E-state index contributed by atoms with van der Waals surface area (Å²) in [6, 6.07) is 4.58. The third kappa shape index (κ3) is 2.40. The molecule has 0 bridgehead atoms. The van der Waals surface area contributed by atoms with Gasteiger partial charge in [-0.3, -0.25) is 4.57 Å². The minimum Gasteiger partial charge on any atom is -0.408 e. The van der Waals surface area contributed by atoms with Crippen LogP contribution in [0.15, 0.2) is 32.3 Å². The van der Waals surface area contributed by atoms with E-state index in [1.54, 1.807) is 13.1 Å². The van der Waals surface area contributed by atoms with Gasteiger partial charge in [0.2, 0.25) is 10.0 Å². The summed E-state index contributed by atoms with van der Waals surface area (Å²) in [5.74, 6) is -0.127. The molecular formula is C14H18N2O4S. The van der Waals surface area contributed by atoms with Gasteiger partial charge in [0.1, 0.15) is 0 Å². The minimum atomic E-state index is -3.53. The zero-order valence-electron chi connectivity index (χ0n) is 12.1. The zero-order chi connectivity index (χ0) is 15.2. The van der Waals surface area contributed by atoms with Crippen LogP contribution in [-0.4, -0.2) is 30.4 Å². The Morgan fingerprint density at radius 2 is 2.10 bits per heavy atom. The minimum absolute atomic E-state index is 0.179. The van der Waals surface area contributed by atoms with E-state index < -0.39 is 15.8 Å². The molecule has 3 rings (SSSR count). The van der Waals surface area contributed by atoms with Gasteiger partial charge in [-0.1, -0.05) is 6.92 Å². The lowest BCUT2D eigenvalue weighted by molar-refractivity contribution is 0.281. The van der Waals surface area contributed by atoms with Gasteiger partial charge in [0.15, 0.2) is 5.58 Å². The second kappa shape index (κ2) is 4.99. The van der Waals surface area contributed by atoms with Crippen LogP contribution >= 0.6 is 0 Å². The molecule has 114 valence electrons. The van der Waals surface area contributed by atoms with E-state index in [0.29, 0.717) is 30.1 Å². The average molecular weight is 310 g/mol. The lowest BCUT2D eigenvalue weighted by Gasteiger charge is -2.29. The lowest BCUT2D eigenvalue weighted by atomic mass is 10.0. The molecule has 0 saturated carbocycles. The average Bonchev–Trinajstić information content (AvgIpc) is 2.73. The summed E-state index contributed by atoms with van der Waals surface area (Å²) in [5, 5.41) is 0. The number of nitrogens with zero attached hydrogens (tertiary/aromatic N) is 2. The number of oxazole rings is 1.